The normalized spacial score (nSPS) is 11.1. The van der Waals surface area contributed by atoms with E-state index in [2.05, 4.69) is 10.3 Å². The van der Waals surface area contributed by atoms with Crippen LogP contribution in [-0.4, -0.2) is 18.3 Å². The van der Waals surface area contributed by atoms with Crippen LogP contribution in [0.2, 0.25) is 0 Å². The summed E-state index contributed by atoms with van der Waals surface area (Å²) in [7, 11) is -4.01. The summed E-state index contributed by atoms with van der Waals surface area (Å²) in [6.45, 7) is 0.336. The summed E-state index contributed by atoms with van der Waals surface area (Å²) in [4.78, 5) is 14.4. The third-order valence-corrected chi connectivity index (χ3v) is 4.84. The lowest BCUT2D eigenvalue weighted by molar-refractivity contribution is -0.384. The Labute approximate surface area is 155 Å². The highest BCUT2D eigenvalue weighted by molar-refractivity contribution is 7.89. The second-order valence-electron chi connectivity index (χ2n) is 5.77. The number of aromatic nitrogens is 1. The van der Waals surface area contributed by atoms with Crippen LogP contribution in [0.1, 0.15) is 5.56 Å². The van der Waals surface area contributed by atoms with E-state index in [-0.39, 0.29) is 16.3 Å². The van der Waals surface area contributed by atoms with Crippen molar-refractivity contribution >= 4 is 21.4 Å². The minimum atomic E-state index is -4.01. The molecule has 0 saturated heterocycles. The minimum absolute atomic E-state index is 0.212. The Bertz CT molecular complexity index is 1070. The number of nitro groups is 1. The maximum absolute atomic E-state index is 11.4. The Kier molecular flexibility index (Phi) is 5.15. The van der Waals surface area contributed by atoms with Crippen molar-refractivity contribution in [1.82, 2.24) is 4.98 Å². The number of nitrogens with one attached hydrogen (secondary N) is 1. The predicted molar refractivity (Wildman–Crippen MR) is 101 cm³/mol. The highest BCUT2D eigenvalue weighted by Crippen LogP contribution is 2.28. The van der Waals surface area contributed by atoms with Gasteiger partial charge in [0.1, 0.15) is 5.69 Å². The number of benzene rings is 2. The molecule has 3 N–H and O–H groups in total. The van der Waals surface area contributed by atoms with Crippen molar-refractivity contribution in [1.29, 1.82) is 0 Å². The number of primary sulfonamides is 1. The van der Waals surface area contributed by atoms with Gasteiger partial charge in [-0.3, -0.25) is 15.1 Å². The minimum Gasteiger partial charge on any atom is -0.375 e. The molecule has 0 atom stereocenters. The molecule has 8 nitrogen and oxygen atoms in total. The van der Waals surface area contributed by atoms with Gasteiger partial charge in [0.05, 0.1) is 9.82 Å². The van der Waals surface area contributed by atoms with Gasteiger partial charge in [0.15, 0.2) is 0 Å². The van der Waals surface area contributed by atoms with Crippen molar-refractivity contribution in [2.45, 2.75) is 11.4 Å². The Balaban J connectivity index is 1.77. The third kappa shape index (κ3) is 4.46. The van der Waals surface area contributed by atoms with Crippen LogP contribution >= 0.6 is 0 Å². The summed E-state index contributed by atoms with van der Waals surface area (Å²) in [5.41, 5.74) is 2.77. The zero-order valence-corrected chi connectivity index (χ0v) is 14.9. The second kappa shape index (κ2) is 7.52. The summed E-state index contributed by atoms with van der Waals surface area (Å²) in [6, 6.07) is 15.0. The van der Waals surface area contributed by atoms with Gasteiger partial charge < -0.3 is 5.32 Å². The highest BCUT2D eigenvalue weighted by Gasteiger charge is 2.18. The fourth-order valence-corrected chi connectivity index (χ4v) is 3.07. The fourth-order valence-electron chi connectivity index (χ4n) is 2.53. The molecule has 1 heterocycles. The quantitative estimate of drug-likeness (QED) is 0.497. The topological polar surface area (TPSA) is 128 Å². The number of nitrogens with two attached hydrogens (primary N) is 1. The molecule has 138 valence electrons. The molecule has 0 unspecified atom stereocenters. The Morgan fingerprint density at radius 2 is 1.81 bits per heavy atom. The van der Waals surface area contributed by atoms with Crippen LogP contribution in [0.5, 0.6) is 0 Å². The average Bonchev–Trinajstić information content (AvgIpc) is 2.66. The van der Waals surface area contributed by atoms with Crippen LogP contribution in [0.4, 0.5) is 11.4 Å². The van der Waals surface area contributed by atoms with Crippen LogP contribution in [0, 0.1) is 10.1 Å². The Morgan fingerprint density at radius 3 is 2.41 bits per heavy atom. The summed E-state index contributed by atoms with van der Waals surface area (Å²) in [5.74, 6) is 0. The zero-order valence-electron chi connectivity index (χ0n) is 14.1. The zero-order chi connectivity index (χ0) is 19.4. The molecule has 0 aliphatic heterocycles. The summed E-state index contributed by atoms with van der Waals surface area (Å²) in [6.07, 6.45) is 3.47. The number of anilines is 1. The van der Waals surface area contributed by atoms with Gasteiger partial charge in [0.2, 0.25) is 10.0 Å². The number of sulfonamides is 1. The first-order valence-corrected chi connectivity index (χ1v) is 9.44. The Morgan fingerprint density at radius 1 is 1.07 bits per heavy atom. The Hall–Kier alpha value is -3.30. The SMILES string of the molecule is NS(=O)(=O)c1ccc(NCc2ccc(-c3cccnc3)cc2)c([N+](=O)[O-])c1. The maximum atomic E-state index is 11.4. The molecular formula is C18H16N4O4S. The van der Waals surface area contributed by atoms with Gasteiger partial charge in [-0.15, -0.1) is 0 Å². The van der Waals surface area contributed by atoms with Crippen molar-refractivity contribution in [3.8, 4) is 11.1 Å². The highest BCUT2D eigenvalue weighted by atomic mass is 32.2. The molecule has 0 saturated carbocycles. The number of nitro benzene ring substituents is 1. The molecule has 27 heavy (non-hydrogen) atoms. The van der Waals surface area contributed by atoms with E-state index in [1.807, 2.05) is 36.4 Å². The molecular weight excluding hydrogens is 368 g/mol. The average molecular weight is 384 g/mol. The van der Waals surface area contributed by atoms with Gasteiger partial charge in [-0.1, -0.05) is 30.3 Å². The van der Waals surface area contributed by atoms with E-state index in [0.717, 1.165) is 22.8 Å². The number of nitrogens with zero attached hydrogens (tertiary/aromatic N) is 2. The number of hydrogen-bond donors (Lipinski definition) is 2. The van der Waals surface area contributed by atoms with Crippen LogP contribution in [-0.2, 0) is 16.6 Å². The van der Waals surface area contributed by atoms with E-state index in [0.29, 0.717) is 6.54 Å². The standard InChI is InChI=1S/C18H16N4O4S/c19-27(25,26)16-7-8-17(18(10-16)22(23)24)21-11-13-3-5-14(6-4-13)15-2-1-9-20-12-15/h1-10,12,21H,11H2,(H2,19,25,26). The van der Waals surface area contributed by atoms with E-state index in [4.69, 9.17) is 5.14 Å². The van der Waals surface area contributed by atoms with Crippen LogP contribution in [0.15, 0.2) is 71.9 Å². The third-order valence-electron chi connectivity index (χ3n) is 3.93. The van der Waals surface area contributed by atoms with Gasteiger partial charge in [0, 0.05) is 25.0 Å². The maximum Gasteiger partial charge on any atom is 0.293 e. The molecule has 0 spiro atoms. The predicted octanol–water partition coefficient (Wildman–Crippen LogP) is 2.92. The largest absolute Gasteiger partial charge is 0.375 e. The van der Waals surface area contributed by atoms with Gasteiger partial charge >= 0.3 is 0 Å². The first-order valence-electron chi connectivity index (χ1n) is 7.89. The number of rotatable bonds is 6. The van der Waals surface area contributed by atoms with Crippen molar-refractivity contribution < 1.29 is 13.3 Å². The lowest BCUT2D eigenvalue weighted by Gasteiger charge is -2.09. The van der Waals surface area contributed by atoms with Crippen LogP contribution < -0.4 is 10.5 Å². The molecule has 0 aliphatic rings. The number of pyridine rings is 1. The van der Waals surface area contributed by atoms with Gasteiger partial charge in [0.25, 0.3) is 5.69 Å². The van der Waals surface area contributed by atoms with E-state index >= 15 is 0 Å². The van der Waals surface area contributed by atoms with Crippen molar-refractivity contribution in [3.63, 3.8) is 0 Å². The fraction of sp³-hybridized carbons (Fsp3) is 0.0556. The van der Waals surface area contributed by atoms with Gasteiger partial charge in [-0.25, -0.2) is 13.6 Å². The monoisotopic (exact) mass is 384 g/mol. The van der Waals surface area contributed by atoms with E-state index < -0.39 is 14.9 Å². The van der Waals surface area contributed by atoms with Crippen molar-refractivity contribution in [2.75, 3.05) is 5.32 Å². The second-order valence-corrected chi connectivity index (χ2v) is 7.33. The van der Waals surface area contributed by atoms with E-state index in [1.54, 1.807) is 12.4 Å². The van der Waals surface area contributed by atoms with Crippen molar-refractivity contribution in [2.24, 2.45) is 5.14 Å². The van der Waals surface area contributed by atoms with Gasteiger partial charge in [-0.2, -0.15) is 0 Å². The molecule has 0 radical (unpaired) electrons. The summed E-state index contributed by atoms with van der Waals surface area (Å²) < 4.78 is 22.8. The van der Waals surface area contributed by atoms with Crippen molar-refractivity contribution in [3.05, 3.63) is 82.7 Å². The summed E-state index contributed by atoms with van der Waals surface area (Å²) in [5, 5.41) is 19.2. The van der Waals surface area contributed by atoms with E-state index in [1.165, 1.54) is 12.1 Å². The lowest BCUT2D eigenvalue weighted by Crippen LogP contribution is -2.13. The van der Waals surface area contributed by atoms with Gasteiger partial charge in [-0.05, 0) is 34.9 Å². The molecule has 0 fully saturated rings. The molecule has 3 aromatic rings. The van der Waals surface area contributed by atoms with E-state index in [9.17, 15) is 18.5 Å². The molecule has 3 rings (SSSR count). The molecule has 9 heteroatoms. The molecule has 0 bridgehead atoms. The smallest absolute Gasteiger partial charge is 0.293 e. The molecule has 1 aromatic heterocycles. The lowest BCUT2D eigenvalue weighted by atomic mass is 10.1. The summed E-state index contributed by atoms with van der Waals surface area (Å²) >= 11 is 0. The first kappa shape index (κ1) is 18.5. The first-order chi connectivity index (χ1) is 12.8. The number of hydrogen-bond acceptors (Lipinski definition) is 6. The molecule has 0 amide bonds. The van der Waals surface area contributed by atoms with Crippen LogP contribution in [0.3, 0.4) is 0 Å². The molecule has 2 aromatic carbocycles. The molecule has 0 aliphatic carbocycles. The van der Waals surface area contributed by atoms with Crippen LogP contribution in [0.25, 0.3) is 11.1 Å².